The number of benzene rings is 1. The lowest BCUT2D eigenvalue weighted by atomic mass is 10.1. The van der Waals surface area contributed by atoms with Gasteiger partial charge in [0.2, 0.25) is 11.0 Å². The molecule has 0 fully saturated rings. The van der Waals surface area contributed by atoms with Gasteiger partial charge in [0.25, 0.3) is 10.0 Å². The lowest BCUT2D eigenvalue weighted by Gasteiger charge is -2.06. The van der Waals surface area contributed by atoms with E-state index in [2.05, 4.69) is 19.1 Å². The van der Waals surface area contributed by atoms with E-state index >= 15 is 0 Å². The second-order valence-corrected chi connectivity index (χ2v) is 8.24. The maximum Gasteiger partial charge on any atom is 0.263 e. The van der Waals surface area contributed by atoms with Gasteiger partial charge < -0.3 is 9.30 Å². The molecule has 0 spiro atoms. The van der Waals surface area contributed by atoms with Crippen molar-refractivity contribution in [3.05, 3.63) is 49.1 Å². The minimum absolute atomic E-state index is 0.158. The molecule has 0 aliphatic carbocycles. The first kappa shape index (κ1) is 17.4. The zero-order valence-electron chi connectivity index (χ0n) is 14.4. The summed E-state index contributed by atoms with van der Waals surface area (Å²) < 4.78 is 38.4. The van der Waals surface area contributed by atoms with Crippen LogP contribution in [0.25, 0.3) is 22.0 Å². The maximum absolute atomic E-state index is 12.6. The Morgan fingerprint density at radius 2 is 2.04 bits per heavy atom. The highest BCUT2D eigenvalue weighted by Crippen LogP contribution is 2.32. The molecular weight excluding hydrogens is 386 g/mol. The first-order valence-electron chi connectivity index (χ1n) is 7.87. The second kappa shape index (κ2) is 6.63. The Kier molecular flexibility index (Phi) is 4.28. The number of fused-ring (bicyclic) bond motifs is 1. The van der Waals surface area contributed by atoms with Gasteiger partial charge in [-0.25, -0.2) is 18.4 Å². The van der Waals surface area contributed by atoms with E-state index in [-0.39, 0.29) is 10.0 Å². The summed E-state index contributed by atoms with van der Waals surface area (Å²) in [6.07, 6.45) is 4.98. The molecule has 3 heterocycles. The predicted octanol–water partition coefficient (Wildman–Crippen LogP) is 2.90. The number of anilines is 1. The Morgan fingerprint density at radius 1 is 1.19 bits per heavy atom. The van der Waals surface area contributed by atoms with E-state index in [0.29, 0.717) is 5.88 Å². The third kappa shape index (κ3) is 3.24. The molecule has 0 saturated carbocycles. The van der Waals surface area contributed by atoms with Crippen LogP contribution in [0.5, 0.6) is 5.88 Å². The Bertz CT molecular complexity index is 1200. The van der Waals surface area contributed by atoms with E-state index in [0.717, 1.165) is 33.6 Å². The topological polar surface area (TPSA) is 99.0 Å². The predicted molar refractivity (Wildman–Crippen MR) is 103 cm³/mol. The molecule has 0 aliphatic rings. The summed E-state index contributed by atoms with van der Waals surface area (Å²) in [6, 6.07) is 8.72. The first-order chi connectivity index (χ1) is 13.0. The summed E-state index contributed by atoms with van der Waals surface area (Å²) >= 11 is 0.982. The molecular formula is C17H15N5O3S2. The average molecular weight is 401 g/mol. The average Bonchev–Trinajstić information content (AvgIpc) is 3.29. The molecule has 4 aromatic rings. The van der Waals surface area contributed by atoms with E-state index in [1.54, 1.807) is 37.6 Å². The van der Waals surface area contributed by atoms with Gasteiger partial charge in [-0.15, -0.1) is 0 Å². The Morgan fingerprint density at radius 3 is 2.70 bits per heavy atom. The van der Waals surface area contributed by atoms with Gasteiger partial charge >= 0.3 is 0 Å². The molecule has 0 radical (unpaired) electrons. The van der Waals surface area contributed by atoms with Gasteiger partial charge in [-0.1, -0.05) is 6.07 Å². The van der Waals surface area contributed by atoms with Crippen molar-refractivity contribution in [1.29, 1.82) is 0 Å². The van der Waals surface area contributed by atoms with Crippen LogP contribution in [0, 0.1) is 0 Å². The van der Waals surface area contributed by atoms with Crippen molar-refractivity contribution in [2.45, 2.75) is 4.90 Å². The van der Waals surface area contributed by atoms with Crippen molar-refractivity contribution in [1.82, 2.24) is 18.9 Å². The van der Waals surface area contributed by atoms with Crippen LogP contribution in [0.4, 0.5) is 5.13 Å². The highest BCUT2D eigenvalue weighted by Gasteiger charge is 2.18. The molecule has 138 valence electrons. The van der Waals surface area contributed by atoms with E-state index in [4.69, 9.17) is 4.74 Å². The van der Waals surface area contributed by atoms with Gasteiger partial charge in [-0.2, -0.15) is 4.37 Å². The van der Waals surface area contributed by atoms with Crippen LogP contribution < -0.4 is 9.46 Å². The van der Waals surface area contributed by atoms with Crippen LogP contribution in [-0.4, -0.2) is 34.4 Å². The standard InChI is InChI=1S/C17H15N5O3S2/c1-22-9-14(11-3-6-16(25-2)18-8-11)13-5-4-12(7-15(13)22)27(23,24)21-17-19-10-20-26-17/h3-10H,1-2H3,(H,19,20,21). The van der Waals surface area contributed by atoms with Crippen LogP contribution >= 0.6 is 11.5 Å². The number of sulfonamides is 1. The number of ether oxygens (including phenoxy) is 1. The van der Waals surface area contributed by atoms with Gasteiger partial charge in [-0.05, 0) is 18.2 Å². The Hall–Kier alpha value is -2.98. The molecule has 1 aromatic carbocycles. The van der Waals surface area contributed by atoms with Crippen LogP contribution in [0.3, 0.4) is 0 Å². The summed E-state index contributed by atoms with van der Waals surface area (Å²) in [5.74, 6) is 0.537. The lowest BCUT2D eigenvalue weighted by Crippen LogP contribution is -2.12. The van der Waals surface area contributed by atoms with Crippen LogP contribution in [0.15, 0.2) is 53.9 Å². The number of aryl methyl sites for hydroxylation is 1. The smallest absolute Gasteiger partial charge is 0.263 e. The number of nitrogens with one attached hydrogen (secondary N) is 1. The van der Waals surface area contributed by atoms with E-state index in [1.165, 1.54) is 6.33 Å². The van der Waals surface area contributed by atoms with Crippen LogP contribution in [0.1, 0.15) is 0 Å². The zero-order chi connectivity index (χ0) is 19.0. The highest BCUT2D eigenvalue weighted by molar-refractivity contribution is 7.93. The van der Waals surface area contributed by atoms with E-state index in [9.17, 15) is 8.42 Å². The fourth-order valence-electron chi connectivity index (χ4n) is 2.81. The molecule has 0 bridgehead atoms. The number of hydrogen-bond acceptors (Lipinski definition) is 7. The SMILES string of the molecule is COc1ccc(-c2cn(C)c3cc(S(=O)(=O)Nc4ncns4)ccc23)cn1. The first-order valence-corrected chi connectivity index (χ1v) is 10.1. The number of rotatable bonds is 5. The van der Waals surface area contributed by atoms with Crippen LogP contribution in [-0.2, 0) is 17.1 Å². The van der Waals surface area contributed by atoms with E-state index < -0.39 is 10.0 Å². The van der Waals surface area contributed by atoms with Gasteiger partial charge in [0.15, 0.2) is 0 Å². The van der Waals surface area contributed by atoms with Gasteiger partial charge in [0, 0.05) is 59.1 Å². The van der Waals surface area contributed by atoms with Gasteiger partial charge in [0.05, 0.1) is 12.0 Å². The molecule has 8 nitrogen and oxygen atoms in total. The Balaban J connectivity index is 1.76. The summed E-state index contributed by atoms with van der Waals surface area (Å²) in [5, 5.41) is 1.16. The summed E-state index contributed by atoms with van der Waals surface area (Å²) in [7, 11) is -0.301. The molecule has 0 atom stereocenters. The molecule has 4 rings (SSSR count). The quantitative estimate of drug-likeness (QED) is 0.552. The normalized spacial score (nSPS) is 11.6. The van der Waals surface area contributed by atoms with Crippen molar-refractivity contribution in [3.63, 3.8) is 0 Å². The molecule has 0 unspecified atom stereocenters. The summed E-state index contributed by atoms with van der Waals surface area (Å²) in [6.45, 7) is 0. The molecule has 1 N–H and O–H groups in total. The second-order valence-electron chi connectivity index (χ2n) is 5.77. The monoisotopic (exact) mass is 401 g/mol. The maximum atomic E-state index is 12.6. The molecule has 0 aliphatic heterocycles. The molecule has 10 heteroatoms. The van der Waals surface area contributed by atoms with Crippen molar-refractivity contribution < 1.29 is 13.2 Å². The fourth-order valence-corrected chi connectivity index (χ4v) is 4.49. The van der Waals surface area contributed by atoms with Crippen molar-refractivity contribution >= 4 is 37.6 Å². The Labute approximate surface area is 159 Å². The third-order valence-corrected chi connectivity index (χ3v) is 6.16. The third-order valence-electron chi connectivity index (χ3n) is 4.11. The number of pyridine rings is 1. The number of hydrogen-bond donors (Lipinski definition) is 1. The zero-order valence-corrected chi connectivity index (χ0v) is 16.1. The minimum Gasteiger partial charge on any atom is -0.481 e. The van der Waals surface area contributed by atoms with Gasteiger partial charge in [0.1, 0.15) is 6.33 Å². The molecule has 3 aromatic heterocycles. The van der Waals surface area contributed by atoms with Gasteiger partial charge in [-0.3, -0.25) is 4.72 Å². The van der Waals surface area contributed by atoms with Crippen molar-refractivity contribution in [2.24, 2.45) is 7.05 Å². The minimum atomic E-state index is -3.74. The van der Waals surface area contributed by atoms with Crippen molar-refractivity contribution in [3.8, 4) is 17.0 Å². The fraction of sp³-hybridized carbons (Fsp3) is 0.118. The highest BCUT2D eigenvalue weighted by atomic mass is 32.2. The molecule has 0 amide bonds. The van der Waals surface area contributed by atoms with Crippen molar-refractivity contribution in [2.75, 3.05) is 11.8 Å². The van der Waals surface area contributed by atoms with E-state index in [1.807, 2.05) is 23.9 Å². The van der Waals surface area contributed by atoms with Crippen LogP contribution in [0.2, 0.25) is 0 Å². The summed E-state index contributed by atoms with van der Waals surface area (Å²) in [5.41, 5.74) is 2.67. The number of nitrogens with zero attached hydrogens (tertiary/aromatic N) is 4. The largest absolute Gasteiger partial charge is 0.481 e. The molecule has 0 saturated heterocycles. The summed E-state index contributed by atoms with van der Waals surface area (Å²) in [4.78, 5) is 8.26. The number of methoxy groups -OCH3 is 1. The molecule has 27 heavy (non-hydrogen) atoms. The number of aromatic nitrogens is 4. The lowest BCUT2D eigenvalue weighted by molar-refractivity contribution is 0.398.